The third-order valence-corrected chi connectivity index (χ3v) is 0.603. The van der Waals surface area contributed by atoms with Crippen molar-refractivity contribution in [1.82, 2.24) is 0 Å². The molecule has 56 valence electrons. The first-order valence-corrected chi connectivity index (χ1v) is 2.42. The summed E-state index contributed by atoms with van der Waals surface area (Å²) in [6, 6.07) is 0. The number of hydrogen-bond donors (Lipinski definition) is 0. The Bertz CT molecular complexity index is 97.6. The van der Waals surface area contributed by atoms with Crippen molar-refractivity contribution in [3.8, 4) is 0 Å². The van der Waals surface area contributed by atoms with Crippen LogP contribution in [0.1, 0.15) is 0 Å². The van der Waals surface area contributed by atoms with Crippen molar-refractivity contribution in [2.24, 2.45) is 0 Å². The van der Waals surface area contributed by atoms with E-state index in [1.807, 2.05) is 0 Å². The summed E-state index contributed by atoms with van der Waals surface area (Å²) in [6.07, 6.45) is 0. The van der Waals surface area contributed by atoms with Gasteiger partial charge in [-0.1, -0.05) is 0 Å². The number of quaternary nitrogens is 1. The van der Waals surface area contributed by atoms with E-state index in [1.54, 1.807) is 21.1 Å². The van der Waals surface area contributed by atoms with Crippen LogP contribution in [-0.2, 0) is 4.79 Å². The van der Waals surface area contributed by atoms with E-state index < -0.39 is 5.97 Å². The zero-order valence-electron chi connectivity index (χ0n) is 5.47. The maximum absolute atomic E-state index is 9.89. The molecular weight excluding hydrogens is 134 g/mol. The summed E-state index contributed by atoms with van der Waals surface area (Å²) in [5.41, 5.74) is 0. The van der Waals surface area contributed by atoms with E-state index >= 15 is 0 Å². The van der Waals surface area contributed by atoms with E-state index in [0.29, 0.717) is 4.48 Å². The fourth-order valence-electron chi connectivity index (χ4n) is 0.387. The third-order valence-electron chi connectivity index (χ3n) is 0.603. The van der Waals surface area contributed by atoms with Crippen molar-refractivity contribution in [1.29, 1.82) is 0 Å². The first-order valence-electron chi connectivity index (χ1n) is 2.42. The van der Waals surface area contributed by atoms with Crippen LogP contribution in [0.3, 0.4) is 0 Å². The van der Waals surface area contributed by atoms with E-state index in [2.05, 4.69) is 0 Å². The fraction of sp³-hybridized carbons (Fsp3) is 0.800. The molecule has 0 spiro atoms. The summed E-state index contributed by atoms with van der Waals surface area (Å²) >= 11 is 0. The normalized spacial score (nSPS) is 10.1. The summed E-state index contributed by atoms with van der Waals surface area (Å²) in [6.45, 7) is 0.0694. The molecule has 0 radical (unpaired) electrons. The lowest BCUT2D eigenvalue weighted by Crippen LogP contribution is -2.45. The van der Waals surface area contributed by atoms with Crippen LogP contribution >= 0.6 is 0 Å². The molecule has 0 N–H and O–H groups in total. The lowest BCUT2D eigenvalue weighted by Gasteiger charge is -2.23. The molecule has 0 aromatic heterocycles. The molecule has 0 aliphatic heterocycles. The highest BCUT2D eigenvalue weighted by molar-refractivity contribution is 5.75. The number of carboxylic acids is 1. The predicted molar refractivity (Wildman–Crippen MR) is 39.2 cm³/mol. The Balaban J connectivity index is 0. The molecule has 0 fully saturated rings. The lowest BCUT2D eigenvalue weighted by atomic mass is 10.5. The third kappa shape index (κ3) is 11.3. The first kappa shape index (κ1) is 11.4. The van der Waals surface area contributed by atoms with Crippen molar-refractivity contribution >= 4 is 16.9 Å². The highest BCUT2D eigenvalue weighted by Gasteiger charge is 2.04. The summed E-state index contributed by atoms with van der Waals surface area (Å²) in [5, 5.41) is 9.89. The van der Waals surface area contributed by atoms with Crippen molar-refractivity contribution in [2.75, 3.05) is 27.7 Å². The average molecular weight is 149 g/mol. The van der Waals surface area contributed by atoms with E-state index in [4.69, 9.17) is 0 Å². The number of nitrogens with zero attached hydrogens (tertiary/aromatic N) is 1. The van der Waals surface area contributed by atoms with Crippen molar-refractivity contribution in [3.05, 3.63) is 0 Å². The van der Waals surface area contributed by atoms with Crippen molar-refractivity contribution in [2.45, 2.75) is 0 Å². The largest absolute Gasteiger partial charge is 0.544 e. The molecule has 0 saturated heterocycles. The quantitative estimate of drug-likeness (QED) is 0.310. The monoisotopic (exact) mass is 149 g/mol. The second kappa shape index (κ2) is 3.63. The van der Waals surface area contributed by atoms with Gasteiger partial charge in [-0.2, -0.15) is 0 Å². The Morgan fingerprint density at radius 3 is 1.78 bits per heavy atom. The minimum Gasteiger partial charge on any atom is -0.544 e. The van der Waals surface area contributed by atoms with Gasteiger partial charge in [-0.15, -0.1) is 0 Å². The smallest absolute Gasteiger partial charge is 0.118 e. The van der Waals surface area contributed by atoms with Crippen LogP contribution in [0.4, 0.5) is 0 Å². The Morgan fingerprint density at radius 2 is 1.78 bits per heavy atom. The Kier molecular flexibility index (Phi) is 4.62. The molecule has 4 heteroatoms. The maximum atomic E-state index is 9.89. The maximum Gasteiger partial charge on any atom is 0.118 e. The van der Waals surface area contributed by atoms with Crippen LogP contribution in [0.5, 0.6) is 0 Å². The van der Waals surface area contributed by atoms with Gasteiger partial charge in [-0.05, 0) is 11.0 Å². The van der Waals surface area contributed by atoms with Crippen LogP contribution in [0.15, 0.2) is 0 Å². The molecule has 0 saturated carbocycles. The summed E-state index contributed by atoms with van der Waals surface area (Å²) in [4.78, 5) is 9.89. The molecule has 3 nitrogen and oxygen atoms in total. The van der Waals surface area contributed by atoms with Crippen molar-refractivity contribution < 1.29 is 14.4 Å². The van der Waals surface area contributed by atoms with E-state index in [9.17, 15) is 9.90 Å². The molecule has 9 heavy (non-hydrogen) atoms. The molecular formula is C5H15NO2Si. The van der Waals surface area contributed by atoms with Gasteiger partial charge in [0.1, 0.15) is 6.54 Å². The number of carbonyl (C=O) groups excluding carboxylic acids is 1. The number of likely N-dealkylation sites (N-methyl/N-ethyl adjacent to an activating group) is 1. The van der Waals surface area contributed by atoms with Crippen LogP contribution < -0.4 is 5.11 Å². The molecule has 0 rings (SSSR count). The molecule has 0 atom stereocenters. The van der Waals surface area contributed by atoms with Gasteiger partial charge >= 0.3 is 0 Å². The van der Waals surface area contributed by atoms with Gasteiger partial charge in [0, 0.05) is 0 Å². The second-order valence-electron chi connectivity index (χ2n) is 2.82. The second-order valence-corrected chi connectivity index (χ2v) is 2.82. The highest BCUT2D eigenvalue weighted by Crippen LogP contribution is 1.84. The molecule has 0 aliphatic rings. The van der Waals surface area contributed by atoms with Gasteiger partial charge in [0.25, 0.3) is 0 Å². The van der Waals surface area contributed by atoms with Crippen LogP contribution in [0, 0.1) is 0 Å². The molecule has 0 aromatic carbocycles. The zero-order valence-corrected chi connectivity index (χ0v) is 5.47. The summed E-state index contributed by atoms with van der Waals surface area (Å²) < 4.78 is 0.419. The molecule has 0 aliphatic carbocycles. The van der Waals surface area contributed by atoms with E-state index in [-0.39, 0.29) is 17.5 Å². The molecule has 0 aromatic rings. The van der Waals surface area contributed by atoms with Crippen LogP contribution in [0.2, 0.25) is 0 Å². The summed E-state index contributed by atoms with van der Waals surface area (Å²) in [5.74, 6) is -1.00. The Labute approximate surface area is 59.9 Å². The number of carbonyl (C=O) groups is 1. The number of carboxylic acid groups (broad SMARTS) is 1. The topological polar surface area (TPSA) is 40.1 Å². The van der Waals surface area contributed by atoms with E-state index in [1.165, 1.54) is 0 Å². The highest BCUT2D eigenvalue weighted by atomic mass is 28.1. The van der Waals surface area contributed by atoms with Gasteiger partial charge in [-0.3, -0.25) is 0 Å². The number of aliphatic carboxylic acids is 1. The number of hydrogen-bond acceptors (Lipinski definition) is 2. The van der Waals surface area contributed by atoms with Gasteiger partial charge < -0.3 is 14.4 Å². The Hall–Kier alpha value is -0.353. The van der Waals surface area contributed by atoms with Crippen LogP contribution in [-0.4, -0.2) is 49.1 Å². The Morgan fingerprint density at radius 1 is 1.44 bits per heavy atom. The van der Waals surface area contributed by atoms with Gasteiger partial charge in [0.2, 0.25) is 0 Å². The lowest BCUT2D eigenvalue weighted by molar-refractivity contribution is -0.864. The summed E-state index contributed by atoms with van der Waals surface area (Å²) in [7, 11) is 5.40. The predicted octanol–water partition coefficient (Wildman–Crippen LogP) is -3.01. The van der Waals surface area contributed by atoms with Crippen molar-refractivity contribution in [3.63, 3.8) is 0 Å². The molecule has 0 bridgehead atoms. The van der Waals surface area contributed by atoms with Gasteiger partial charge in [0.05, 0.1) is 27.1 Å². The standard InChI is InChI=1S/C5H11NO2.H4Si/c1-6(2,3)4-5(7)8;/h4H2,1-3H3;1H4. The SMILES string of the molecule is C[N+](C)(C)CC(=O)[O-].[SiH4]. The average Bonchev–Trinajstić information content (AvgIpc) is 1.21. The van der Waals surface area contributed by atoms with Gasteiger partial charge in [0.15, 0.2) is 0 Å². The zero-order chi connectivity index (χ0) is 6.78. The van der Waals surface area contributed by atoms with Crippen LogP contribution in [0.25, 0.3) is 0 Å². The van der Waals surface area contributed by atoms with E-state index in [0.717, 1.165) is 0 Å². The molecule has 0 amide bonds. The molecule has 0 unspecified atom stereocenters. The minimum absolute atomic E-state index is 0. The fourth-order valence-corrected chi connectivity index (χ4v) is 0.387. The van der Waals surface area contributed by atoms with Gasteiger partial charge in [-0.25, -0.2) is 0 Å². The molecule has 0 heterocycles. The minimum atomic E-state index is -1.00. The number of rotatable bonds is 2. The first-order chi connectivity index (χ1) is 3.42.